The third-order valence-electron chi connectivity index (χ3n) is 8.63. The zero-order valence-corrected chi connectivity index (χ0v) is 15.3. The van der Waals surface area contributed by atoms with Crippen LogP contribution in [0, 0.1) is 17.8 Å². The van der Waals surface area contributed by atoms with E-state index in [9.17, 15) is 0 Å². The van der Waals surface area contributed by atoms with Gasteiger partial charge in [-0.2, -0.15) is 0 Å². The summed E-state index contributed by atoms with van der Waals surface area (Å²) in [5.41, 5.74) is 3.62. The van der Waals surface area contributed by atoms with Crippen molar-refractivity contribution in [3.63, 3.8) is 0 Å². The van der Waals surface area contributed by atoms with Crippen molar-refractivity contribution in [1.29, 1.82) is 0 Å². The van der Waals surface area contributed by atoms with Gasteiger partial charge in [-0.25, -0.2) is 0 Å². The molecule has 2 nitrogen and oxygen atoms in total. The molecule has 0 amide bonds. The van der Waals surface area contributed by atoms with Gasteiger partial charge in [0, 0.05) is 12.6 Å². The average Bonchev–Trinajstić information content (AvgIpc) is 3.39. The summed E-state index contributed by atoms with van der Waals surface area (Å²) < 4.78 is 6.14. The van der Waals surface area contributed by atoms with Gasteiger partial charge in [0.1, 0.15) is 0 Å². The molecule has 2 saturated carbocycles. The van der Waals surface area contributed by atoms with Crippen LogP contribution in [0.2, 0.25) is 0 Å². The number of piperidine rings is 1. The van der Waals surface area contributed by atoms with E-state index < -0.39 is 0 Å². The quantitative estimate of drug-likeness (QED) is 0.737. The van der Waals surface area contributed by atoms with Gasteiger partial charge in [0.25, 0.3) is 0 Å². The number of likely N-dealkylation sites (tertiary alicyclic amines) is 1. The molecule has 0 radical (unpaired) electrons. The predicted molar refractivity (Wildman–Crippen MR) is 99.6 cm³/mol. The smallest absolute Gasteiger partial charge is 0.0857 e. The monoisotopic (exact) mass is 337 g/mol. The highest BCUT2D eigenvalue weighted by molar-refractivity contribution is 5.40. The minimum Gasteiger partial charge on any atom is -0.373 e. The first-order valence-electron chi connectivity index (χ1n) is 10.8. The van der Waals surface area contributed by atoms with Gasteiger partial charge in [0.05, 0.1) is 6.10 Å². The predicted octanol–water partition coefficient (Wildman–Crippen LogP) is 4.69. The van der Waals surface area contributed by atoms with Crippen molar-refractivity contribution in [2.24, 2.45) is 17.8 Å². The first-order chi connectivity index (χ1) is 12.3. The first-order valence-corrected chi connectivity index (χ1v) is 10.8. The van der Waals surface area contributed by atoms with E-state index in [1.807, 2.05) is 0 Å². The summed E-state index contributed by atoms with van der Waals surface area (Å²) in [6.45, 7) is 3.64. The van der Waals surface area contributed by atoms with Crippen molar-refractivity contribution in [1.82, 2.24) is 4.90 Å². The zero-order chi connectivity index (χ0) is 16.4. The van der Waals surface area contributed by atoms with Gasteiger partial charge in [0.15, 0.2) is 0 Å². The van der Waals surface area contributed by atoms with Gasteiger partial charge in [0.2, 0.25) is 0 Å². The molecule has 2 heteroatoms. The summed E-state index contributed by atoms with van der Waals surface area (Å²) >= 11 is 0. The van der Waals surface area contributed by atoms with Gasteiger partial charge in [-0.15, -0.1) is 0 Å². The Bertz CT molecular complexity index is 662. The van der Waals surface area contributed by atoms with Gasteiger partial charge in [-0.1, -0.05) is 30.7 Å². The van der Waals surface area contributed by atoms with E-state index in [0.717, 1.165) is 30.4 Å². The Morgan fingerprint density at radius 1 is 0.960 bits per heavy atom. The van der Waals surface area contributed by atoms with Crippen LogP contribution in [0.5, 0.6) is 0 Å². The highest BCUT2D eigenvalue weighted by atomic mass is 16.5. The second-order valence-electron chi connectivity index (χ2n) is 9.69. The number of fused-ring (bicyclic) bond motifs is 6. The van der Waals surface area contributed by atoms with Crippen molar-refractivity contribution in [3.8, 4) is 0 Å². The molecule has 2 saturated heterocycles. The Morgan fingerprint density at radius 3 is 2.64 bits per heavy atom. The summed E-state index contributed by atoms with van der Waals surface area (Å²) in [4.78, 5) is 2.90. The minimum absolute atomic E-state index is 0.394. The normalized spacial score (nSPS) is 41.8. The lowest BCUT2D eigenvalue weighted by Crippen LogP contribution is -2.50. The van der Waals surface area contributed by atoms with Crippen molar-refractivity contribution in [3.05, 3.63) is 35.4 Å². The molecule has 2 heterocycles. The van der Waals surface area contributed by atoms with Crippen LogP contribution in [0.25, 0.3) is 0 Å². The molecule has 5 aliphatic rings. The Labute approximate surface area is 151 Å². The van der Waals surface area contributed by atoms with Crippen LogP contribution in [-0.4, -0.2) is 30.6 Å². The van der Waals surface area contributed by atoms with Gasteiger partial charge in [-0.3, -0.25) is 0 Å². The van der Waals surface area contributed by atoms with E-state index >= 15 is 0 Å². The van der Waals surface area contributed by atoms with Gasteiger partial charge < -0.3 is 9.64 Å². The lowest BCUT2D eigenvalue weighted by atomic mass is 9.60. The molecule has 3 aliphatic carbocycles. The lowest BCUT2D eigenvalue weighted by Gasteiger charge is -2.50. The van der Waals surface area contributed by atoms with Crippen LogP contribution in [0.4, 0.5) is 0 Å². The van der Waals surface area contributed by atoms with E-state index in [4.69, 9.17) is 4.74 Å². The molecule has 4 unspecified atom stereocenters. The molecule has 0 N–H and O–H groups in total. The Morgan fingerprint density at radius 2 is 1.84 bits per heavy atom. The van der Waals surface area contributed by atoms with Crippen LogP contribution in [0.1, 0.15) is 68.6 Å². The second kappa shape index (κ2) is 5.57. The fraction of sp³-hybridized carbons (Fsp3) is 0.739. The van der Waals surface area contributed by atoms with Crippen molar-refractivity contribution < 1.29 is 4.74 Å². The van der Waals surface area contributed by atoms with Crippen molar-refractivity contribution in [2.75, 3.05) is 19.7 Å². The van der Waals surface area contributed by atoms with Crippen LogP contribution in [0.3, 0.4) is 0 Å². The SMILES string of the molecule is c1ccc2c(c1)C1OCCC1CC21CCN(C2CC3CC[C@@H]2C3)CC1. The molecule has 25 heavy (non-hydrogen) atoms. The maximum absolute atomic E-state index is 6.14. The van der Waals surface area contributed by atoms with Gasteiger partial charge >= 0.3 is 0 Å². The first kappa shape index (κ1) is 15.2. The van der Waals surface area contributed by atoms with Crippen molar-refractivity contribution in [2.45, 2.75) is 68.9 Å². The number of hydrogen-bond donors (Lipinski definition) is 0. The van der Waals surface area contributed by atoms with Crippen molar-refractivity contribution >= 4 is 0 Å². The highest BCUT2D eigenvalue weighted by Gasteiger charge is 2.50. The highest BCUT2D eigenvalue weighted by Crippen LogP contribution is 2.55. The Hall–Kier alpha value is -0.860. The standard InChI is InChI=1S/C23H31NO/c1-2-4-20-19(3-1)22-18(7-12-25-22)15-23(20)8-10-24(11-9-23)21-14-16-5-6-17(21)13-16/h1-4,16-18,21-22H,5-15H2/t16?,17-,18?,21?,22?/m1/s1. The molecule has 5 atom stereocenters. The maximum atomic E-state index is 6.14. The molecular weight excluding hydrogens is 306 g/mol. The number of benzene rings is 1. The van der Waals surface area contributed by atoms with E-state index in [2.05, 4.69) is 29.2 Å². The molecule has 4 fully saturated rings. The molecule has 2 bridgehead atoms. The third kappa shape index (κ3) is 2.23. The molecule has 6 rings (SSSR count). The lowest BCUT2D eigenvalue weighted by molar-refractivity contribution is 0.0379. The van der Waals surface area contributed by atoms with E-state index in [0.29, 0.717) is 11.5 Å². The maximum Gasteiger partial charge on any atom is 0.0857 e. The summed E-state index contributed by atoms with van der Waals surface area (Å²) in [6.07, 6.45) is 11.9. The van der Waals surface area contributed by atoms with Crippen LogP contribution >= 0.6 is 0 Å². The number of ether oxygens (including phenoxy) is 1. The largest absolute Gasteiger partial charge is 0.373 e. The van der Waals surface area contributed by atoms with Crippen LogP contribution in [-0.2, 0) is 10.2 Å². The van der Waals surface area contributed by atoms with Gasteiger partial charge in [-0.05, 0) is 92.3 Å². The number of nitrogens with zero attached hydrogens (tertiary/aromatic N) is 1. The summed E-state index contributed by atoms with van der Waals surface area (Å²) in [7, 11) is 0. The third-order valence-corrected chi connectivity index (χ3v) is 8.63. The average molecular weight is 338 g/mol. The molecule has 1 aromatic carbocycles. The molecular formula is C23H31NO. The molecule has 1 spiro atoms. The Balaban J connectivity index is 1.27. The minimum atomic E-state index is 0.394. The molecule has 134 valence electrons. The zero-order valence-electron chi connectivity index (χ0n) is 15.3. The fourth-order valence-corrected chi connectivity index (χ4v) is 7.44. The summed E-state index contributed by atoms with van der Waals surface area (Å²) in [6, 6.07) is 10.2. The summed E-state index contributed by atoms with van der Waals surface area (Å²) in [5, 5.41) is 0. The molecule has 0 aromatic heterocycles. The van der Waals surface area contributed by atoms with E-state index in [1.165, 1.54) is 70.0 Å². The number of hydrogen-bond acceptors (Lipinski definition) is 2. The van der Waals surface area contributed by atoms with Crippen LogP contribution in [0.15, 0.2) is 24.3 Å². The second-order valence-corrected chi connectivity index (χ2v) is 9.69. The molecule has 1 aromatic rings. The molecule has 2 aliphatic heterocycles. The Kier molecular flexibility index (Phi) is 3.39. The van der Waals surface area contributed by atoms with E-state index in [-0.39, 0.29) is 0 Å². The van der Waals surface area contributed by atoms with E-state index in [1.54, 1.807) is 5.56 Å². The summed E-state index contributed by atoms with van der Waals surface area (Å²) in [5.74, 6) is 2.87. The topological polar surface area (TPSA) is 12.5 Å². The fourth-order valence-electron chi connectivity index (χ4n) is 7.44. The van der Waals surface area contributed by atoms with Crippen LogP contribution < -0.4 is 0 Å². The number of rotatable bonds is 1.